The topological polar surface area (TPSA) is 73.1 Å². The second kappa shape index (κ2) is 6.91. The number of nitrogens with one attached hydrogen (secondary N) is 1. The highest BCUT2D eigenvalue weighted by Crippen LogP contribution is 2.10. The van der Waals surface area contributed by atoms with Crippen molar-refractivity contribution in [3.8, 4) is 0 Å². The van der Waals surface area contributed by atoms with Gasteiger partial charge in [0.15, 0.2) is 0 Å². The lowest BCUT2D eigenvalue weighted by molar-refractivity contribution is -0.111. The van der Waals surface area contributed by atoms with Crippen LogP contribution in [-0.2, 0) is 25.3 Å². The van der Waals surface area contributed by atoms with E-state index < -0.39 is 11.2 Å². The Labute approximate surface area is 133 Å². The predicted octanol–water partition coefficient (Wildman–Crippen LogP) is 1.30. The molecule has 6 nitrogen and oxygen atoms in total. The lowest BCUT2D eigenvalue weighted by Crippen LogP contribution is -2.37. The molecule has 0 aliphatic rings. The van der Waals surface area contributed by atoms with Crippen molar-refractivity contribution >= 4 is 17.7 Å². The van der Waals surface area contributed by atoms with Crippen LogP contribution in [0.4, 0.5) is 5.69 Å². The summed E-state index contributed by atoms with van der Waals surface area (Å²) in [6.45, 7) is 2.06. The number of hydrogen-bond donors (Lipinski definition) is 1. The minimum atomic E-state index is -0.440. The number of anilines is 1. The molecule has 1 N–H and O–H groups in total. The fourth-order valence-electron chi connectivity index (χ4n) is 2.12. The number of benzene rings is 1. The molecule has 0 atom stereocenters. The molecule has 2 rings (SSSR count). The molecule has 0 aliphatic heterocycles. The Hall–Kier alpha value is -2.89. The van der Waals surface area contributed by atoms with E-state index in [0.29, 0.717) is 5.69 Å². The third-order valence-corrected chi connectivity index (χ3v) is 3.52. The van der Waals surface area contributed by atoms with E-state index in [1.165, 1.54) is 35.5 Å². The summed E-state index contributed by atoms with van der Waals surface area (Å²) in [5.74, 6) is -0.342. The molecule has 0 fully saturated rings. The van der Waals surface area contributed by atoms with Crippen LogP contribution in [0.1, 0.15) is 18.1 Å². The van der Waals surface area contributed by atoms with Gasteiger partial charge < -0.3 is 9.88 Å². The molecule has 0 spiro atoms. The van der Waals surface area contributed by atoms with E-state index in [9.17, 15) is 14.4 Å². The number of rotatable bonds is 4. The molecule has 1 heterocycles. The van der Waals surface area contributed by atoms with Crippen LogP contribution in [0.25, 0.3) is 6.08 Å². The Kier molecular flexibility index (Phi) is 4.95. The minimum Gasteiger partial charge on any atom is -0.323 e. The summed E-state index contributed by atoms with van der Waals surface area (Å²) >= 11 is 0. The smallest absolute Gasteiger partial charge is 0.323 e. The van der Waals surface area contributed by atoms with Crippen LogP contribution in [0.5, 0.6) is 0 Å². The van der Waals surface area contributed by atoms with Crippen LogP contribution in [0.15, 0.2) is 46.1 Å². The third kappa shape index (κ3) is 3.85. The molecule has 0 bridgehead atoms. The van der Waals surface area contributed by atoms with Gasteiger partial charge in [-0.25, -0.2) is 4.79 Å². The second-order valence-electron chi connectivity index (χ2n) is 5.22. The summed E-state index contributed by atoms with van der Waals surface area (Å²) in [7, 11) is 2.95. The van der Waals surface area contributed by atoms with Gasteiger partial charge in [-0.2, -0.15) is 0 Å². The zero-order chi connectivity index (χ0) is 17.0. The van der Waals surface area contributed by atoms with Gasteiger partial charge in [0.1, 0.15) is 0 Å². The van der Waals surface area contributed by atoms with Gasteiger partial charge in [-0.15, -0.1) is 0 Å². The Morgan fingerprint density at radius 3 is 2.43 bits per heavy atom. The van der Waals surface area contributed by atoms with Crippen LogP contribution in [-0.4, -0.2) is 15.0 Å². The normalized spacial score (nSPS) is 10.9. The number of carbonyl (C=O) groups is 1. The molecule has 2 aromatic rings. The van der Waals surface area contributed by atoms with Crippen molar-refractivity contribution in [2.45, 2.75) is 13.3 Å². The van der Waals surface area contributed by atoms with Crippen LogP contribution in [0, 0.1) is 0 Å². The molecule has 6 heteroatoms. The largest absolute Gasteiger partial charge is 0.330 e. The first-order valence-electron chi connectivity index (χ1n) is 7.27. The van der Waals surface area contributed by atoms with Gasteiger partial charge in [-0.05, 0) is 30.2 Å². The Morgan fingerprint density at radius 2 is 1.83 bits per heavy atom. The van der Waals surface area contributed by atoms with E-state index in [2.05, 4.69) is 12.2 Å². The molecule has 1 aromatic carbocycles. The van der Waals surface area contributed by atoms with Crippen molar-refractivity contribution in [2.75, 3.05) is 5.32 Å². The number of carbonyl (C=O) groups excluding carboxylic acids is 1. The van der Waals surface area contributed by atoms with Gasteiger partial charge in [-0.3, -0.25) is 14.2 Å². The highest BCUT2D eigenvalue weighted by molar-refractivity contribution is 6.01. The maximum absolute atomic E-state index is 11.9. The summed E-state index contributed by atoms with van der Waals surface area (Å²) in [5.41, 5.74) is 1.29. The van der Waals surface area contributed by atoms with E-state index in [1.54, 1.807) is 7.05 Å². The standard InChI is InChI=1S/C17H19N3O3/c1-4-12-5-8-14(9-6-12)18-15(21)10-7-13-11-19(2)17(23)20(3)16(13)22/h5-11H,4H2,1-3H3,(H,18,21). The van der Waals surface area contributed by atoms with Crippen molar-refractivity contribution in [2.24, 2.45) is 14.1 Å². The van der Waals surface area contributed by atoms with E-state index in [-0.39, 0.29) is 11.5 Å². The Morgan fingerprint density at radius 1 is 1.17 bits per heavy atom. The lowest BCUT2D eigenvalue weighted by atomic mass is 10.1. The van der Waals surface area contributed by atoms with Crippen LogP contribution >= 0.6 is 0 Å². The van der Waals surface area contributed by atoms with E-state index >= 15 is 0 Å². The Bertz CT molecular complexity index is 858. The fourth-order valence-corrected chi connectivity index (χ4v) is 2.12. The summed E-state index contributed by atoms with van der Waals surface area (Å²) in [5, 5.41) is 2.72. The van der Waals surface area contributed by atoms with E-state index in [0.717, 1.165) is 11.0 Å². The number of aromatic nitrogens is 2. The maximum atomic E-state index is 11.9. The highest BCUT2D eigenvalue weighted by Gasteiger charge is 2.05. The van der Waals surface area contributed by atoms with Crippen molar-refractivity contribution in [1.82, 2.24) is 9.13 Å². The van der Waals surface area contributed by atoms with Crippen molar-refractivity contribution in [3.05, 3.63) is 68.5 Å². The van der Waals surface area contributed by atoms with Gasteiger partial charge in [0.2, 0.25) is 5.91 Å². The van der Waals surface area contributed by atoms with Gasteiger partial charge >= 0.3 is 5.69 Å². The molecule has 120 valence electrons. The van der Waals surface area contributed by atoms with Crippen molar-refractivity contribution in [1.29, 1.82) is 0 Å². The predicted molar refractivity (Wildman–Crippen MR) is 90.4 cm³/mol. The molecule has 1 amide bonds. The zero-order valence-corrected chi connectivity index (χ0v) is 13.4. The van der Waals surface area contributed by atoms with Gasteiger partial charge in [0.25, 0.3) is 5.56 Å². The molecule has 0 saturated heterocycles. The van der Waals surface area contributed by atoms with E-state index in [4.69, 9.17) is 0 Å². The molecular weight excluding hydrogens is 294 g/mol. The first kappa shape index (κ1) is 16.5. The second-order valence-corrected chi connectivity index (χ2v) is 5.22. The molecule has 0 saturated carbocycles. The van der Waals surface area contributed by atoms with Crippen LogP contribution in [0.2, 0.25) is 0 Å². The molecule has 23 heavy (non-hydrogen) atoms. The molecular formula is C17H19N3O3. The molecule has 1 aromatic heterocycles. The summed E-state index contributed by atoms with van der Waals surface area (Å²) in [6, 6.07) is 7.55. The van der Waals surface area contributed by atoms with Crippen molar-refractivity contribution < 1.29 is 4.79 Å². The van der Waals surface area contributed by atoms with Crippen LogP contribution < -0.4 is 16.6 Å². The average Bonchev–Trinajstić information content (AvgIpc) is 2.55. The number of hydrogen-bond acceptors (Lipinski definition) is 3. The van der Waals surface area contributed by atoms with E-state index in [1.807, 2.05) is 24.3 Å². The Balaban J connectivity index is 2.15. The van der Waals surface area contributed by atoms with Gasteiger partial charge in [0.05, 0.1) is 5.56 Å². The number of nitrogens with zero attached hydrogens (tertiary/aromatic N) is 2. The third-order valence-electron chi connectivity index (χ3n) is 3.52. The van der Waals surface area contributed by atoms with Crippen LogP contribution in [0.3, 0.4) is 0 Å². The summed E-state index contributed by atoms with van der Waals surface area (Å²) in [4.78, 5) is 35.5. The maximum Gasteiger partial charge on any atom is 0.330 e. The first-order valence-corrected chi connectivity index (χ1v) is 7.27. The van der Waals surface area contributed by atoms with Gasteiger partial charge in [-0.1, -0.05) is 19.1 Å². The summed E-state index contributed by atoms with van der Waals surface area (Å²) in [6.07, 6.45) is 5.01. The lowest BCUT2D eigenvalue weighted by Gasteiger charge is -2.04. The SMILES string of the molecule is CCc1ccc(NC(=O)C=Cc2cn(C)c(=O)n(C)c2=O)cc1. The highest BCUT2D eigenvalue weighted by atomic mass is 16.2. The summed E-state index contributed by atoms with van der Waals surface area (Å²) < 4.78 is 2.30. The monoisotopic (exact) mass is 313 g/mol. The fraction of sp³-hybridized carbons (Fsp3) is 0.235. The quantitative estimate of drug-likeness (QED) is 0.865. The molecule has 0 unspecified atom stereocenters. The van der Waals surface area contributed by atoms with Crippen molar-refractivity contribution in [3.63, 3.8) is 0 Å². The van der Waals surface area contributed by atoms with Gasteiger partial charge in [0, 0.05) is 32.1 Å². The number of amides is 1. The minimum absolute atomic E-state index is 0.270. The first-order chi connectivity index (χ1) is 10.9. The number of aryl methyl sites for hydroxylation is 2. The molecule has 0 aliphatic carbocycles. The molecule has 0 radical (unpaired) electrons. The average molecular weight is 313 g/mol. The zero-order valence-electron chi connectivity index (χ0n) is 13.4.